The number of aliphatic carboxylic acids is 1. The standard InChI is InChI=1S/C18H19Br2NO3/c1-11-13(4-3-5-16(11)21-2)10-24-18-14(19)8-12(9-15(18)20)6-7-17(22)23/h3-5,8-9,21H,6-7,10H2,1-2H3,(H,22,23). The highest BCUT2D eigenvalue weighted by molar-refractivity contribution is 9.11. The highest BCUT2D eigenvalue weighted by Crippen LogP contribution is 2.36. The summed E-state index contributed by atoms with van der Waals surface area (Å²) in [7, 11) is 1.90. The molecule has 0 fully saturated rings. The van der Waals surface area contributed by atoms with Crippen molar-refractivity contribution in [2.24, 2.45) is 0 Å². The van der Waals surface area contributed by atoms with Crippen LogP contribution in [0.2, 0.25) is 0 Å². The van der Waals surface area contributed by atoms with E-state index in [0.29, 0.717) is 18.8 Å². The van der Waals surface area contributed by atoms with E-state index in [2.05, 4.69) is 44.1 Å². The number of carboxylic acid groups (broad SMARTS) is 1. The Hall–Kier alpha value is -1.53. The Bertz CT molecular complexity index is 724. The largest absolute Gasteiger partial charge is 0.487 e. The first-order chi connectivity index (χ1) is 11.4. The fraction of sp³-hybridized carbons (Fsp3) is 0.278. The summed E-state index contributed by atoms with van der Waals surface area (Å²) in [5, 5.41) is 12.0. The summed E-state index contributed by atoms with van der Waals surface area (Å²) in [6.07, 6.45) is 0.589. The monoisotopic (exact) mass is 455 g/mol. The molecule has 4 nitrogen and oxygen atoms in total. The van der Waals surface area contributed by atoms with E-state index in [9.17, 15) is 4.79 Å². The summed E-state index contributed by atoms with van der Waals surface area (Å²) in [4.78, 5) is 10.7. The minimum absolute atomic E-state index is 0.106. The number of rotatable bonds is 7. The maximum Gasteiger partial charge on any atom is 0.303 e. The second kappa shape index (κ2) is 8.53. The fourth-order valence-corrected chi connectivity index (χ4v) is 3.92. The van der Waals surface area contributed by atoms with E-state index in [1.165, 1.54) is 0 Å². The predicted molar refractivity (Wildman–Crippen MR) is 103 cm³/mol. The maximum absolute atomic E-state index is 10.7. The van der Waals surface area contributed by atoms with Crippen LogP contribution in [0, 0.1) is 6.92 Å². The molecule has 0 atom stereocenters. The Morgan fingerprint density at radius 1 is 1.25 bits per heavy atom. The number of hydrogen-bond donors (Lipinski definition) is 2. The van der Waals surface area contributed by atoms with Crippen molar-refractivity contribution < 1.29 is 14.6 Å². The first-order valence-electron chi connectivity index (χ1n) is 7.51. The van der Waals surface area contributed by atoms with Crippen molar-refractivity contribution >= 4 is 43.5 Å². The van der Waals surface area contributed by atoms with Crippen molar-refractivity contribution in [2.75, 3.05) is 12.4 Å². The van der Waals surface area contributed by atoms with Gasteiger partial charge in [-0.3, -0.25) is 4.79 Å². The second-order valence-corrected chi connectivity index (χ2v) is 7.12. The molecule has 2 rings (SSSR count). The van der Waals surface area contributed by atoms with E-state index in [1.54, 1.807) is 0 Å². The molecular formula is C18H19Br2NO3. The van der Waals surface area contributed by atoms with Gasteiger partial charge in [-0.25, -0.2) is 0 Å². The predicted octanol–water partition coefficient (Wildman–Crippen LogP) is 5.16. The van der Waals surface area contributed by atoms with Crippen LogP contribution in [0.4, 0.5) is 5.69 Å². The zero-order chi connectivity index (χ0) is 17.7. The van der Waals surface area contributed by atoms with Gasteiger partial charge in [-0.1, -0.05) is 12.1 Å². The van der Waals surface area contributed by atoms with Gasteiger partial charge in [0.15, 0.2) is 0 Å². The molecule has 2 aromatic carbocycles. The number of carboxylic acids is 1. The molecule has 0 aliphatic heterocycles. The summed E-state index contributed by atoms with van der Waals surface area (Å²) in [6, 6.07) is 9.87. The van der Waals surface area contributed by atoms with E-state index in [0.717, 1.165) is 31.3 Å². The minimum atomic E-state index is -0.803. The average Bonchev–Trinajstić information content (AvgIpc) is 2.53. The molecule has 0 spiro atoms. The van der Waals surface area contributed by atoms with E-state index in [4.69, 9.17) is 9.84 Å². The smallest absolute Gasteiger partial charge is 0.303 e. The molecule has 0 saturated heterocycles. The summed E-state index contributed by atoms with van der Waals surface area (Å²) >= 11 is 7.02. The molecule has 128 valence electrons. The van der Waals surface area contributed by atoms with Gasteiger partial charge in [0, 0.05) is 19.2 Å². The van der Waals surface area contributed by atoms with Crippen LogP contribution in [-0.4, -0.2) is 18.1 Å². The van der Waals surface area contributed by atoms with Crippen LogP contribution in [-0.2, 0) is 17.8 Å². The third kappa shape index (κ3) is 4.74. The molecule has 0 aromatic heterocycles. The molecule has 24 heavy (non-hydrogen) atoms. The van der Waals surface area contributed by atoms with Gasteiger partial charge in [-0.15, -0.1) is 0 Å². The van der Waals surface area contributed by atoms with Gasteiger partial charge >= 0.3 is 5.97 Å². The van der Waals surface area contributed by atoms with Gasteiger partial charge in [0.05, 0.1) is 8.95 Å². The number of aryl methyl sites for hydroxylation is 1. The molecule has 0 bridgehead atoms. The van der Waals surface area contributed by atoms with Crippen LogP contribution in [0.5, 0.6) is 5.75 Å². The topological polar surface area (TPSA) is 58.6 Å². The number of ether oxygens (including phenoxy) is 1. The SMILES string of the molecule is CNc1cccc(COc2c(Br)cc(CCC(=O)O)cc2Br)c1C. The number of carbonyl (C=O) groups is 1. The molecule has 0 saturated carbocycles. The highest BCUT2D eigenvalue weighted by atomic mass is 79.9. The molecule has 0 unspecified atom stereocenters. The lowest BCUT2D eigenvalue weighted by Gasteiger charge is -2.15. The van der Waals surface area contributed by atoms with E-state index in [-0.39, 0.29) is 6.42 Å². The first kappa shape index (κ1) is 18.8. The van der Waals surface area contributed by atoms with Gasteiger partial charge in [0.1, 0.15) is 12.4 Å². The van der Waals surface area contributed by atoms with Crippen molar-refractivity contribution in [3.8, 4) is 5.75 Å². The van der Waals surface area contributed by atoms with E-state index in [1.807, 2.05) is 37.4 Å². The van der Waals surface area contributed by atoms with Crippen LogP contribution in [0.25, 0.3) is 0 Å². The van der Waals surface area contributed by atoms with Crippen molar-refractivity contribution in [3.63, 3.8) is 0 Å². The number of anilines is 1. The van der Waals surface area contributed by atoms with Gasteiger partial charge in [0.25, 0.3) is 0 Å². The lowest BCUT2D eigenvalue weighted by molar-refractivity contribution is -0.136. The second-order valence-electron chi connectivity index (χ2n) is 5.41. The quantitative estimate of drug-likeness (QED) is 0.604. The van der Waals surface area contributed by atoms with Gasteiger partial charge in [-0.2, -0.15) is 0 Å². The molecular weight excluding hydrogens is 438 g/mol. The molecule has 0 radical (unpaired) electrons. The molecule has 2 N–H and O–H groups in total. The molecule has 0 amide bonds. The zero-order valence-corrected chi connectivity index (χ0v) is 16.7. The number of halogens is 2. The van der Waals surface area contributed by atoms with Crippen LogP contribution >= 0.6 is 31.9 Å². The summed E-state index contributed by atoms with van der Waals surface area (Å²) < 4.78 is 7.59. The van der Waals surface area contributed by atoms with Crippen LogP contribution in [0.1, 0.15) is 23.1 Å². The Labute approximate surface area is 158 Å². The third-order valence-corrected chi connectivity index (χ3v) is 4.95. The van der Waals surface area contributed by atoms with E-state index >= 15 is 0 Å². The molecule has 6 heteroatoms. The minimum Gasteiger partial charge on any atom is -0.487 e. The highest BCUT2D eigenvalue weighted by Gasteiger charge is 2.11. The number of hydrogen-bond acceptors (Lipinski definition) is 3. The molecule has 0 aliphatic rings. The maximum atomic E-state index is 10.7. The molecule has 0 aliphatic carbocycles. The summed E-state index contributed by atoms with van der Waals surface area (Å²) in [5.74, 6) is -0.0919. The third-order valence-electron chi connectivity index (χ3n) is 3.77. The Morgan fingerprint density at radius 3 is 2.50 bits per heavy atom. The lowest BCUT2D eigenvalue weighted by Crippen LogP contribution is -2.02. The zero-order valence-electron chi connectivity index (χ0n) is 13.5. The lowest BCUT2D eigenvalue weighted by atomic mass is 10.1. The van der Waals surface area contributed by atoms with Crippen molar-refractivity contribution in [1.29, 1.82) is 0 Å². The average molecular weight is 457 g/mol. The first-order valence-corrected chi connectivity index (χ1v) is 9.09. The summed E-state index contributed by atoms with van der Waals surface area (Å²) in [6.45, 7) is 2.51. The van der Waals surface area contributed by atoms with Gasteiger partial charge in [0.2, 0.25) is 0 Å². The van der Waals surface area contributed by atoms with E-state index < -0.39 is 5.97 Å². The Balaban J connectivity index is 2.14. The van der Waals surface area contributed by atoms with Crippen LogP contribution < -0.4 is 10.1 Å². The molecule has 2 aromatic rings. The normalized spacial score (nSPS) is 10.5. The van der Waals surface area contributed by atoms with Crippen LogP contribution in [0.3, 0.4) is 0 Å². The number of nitrogens with one attached hydrogen (secondary N) is 1. The Morgan fingerprint density at radius 2 is 1.92 bits per heavy atom. The summed E-state index contributed by atoms with van der Waals surface area (Å²) in [5.41, 5.74) is 4.29. The van der Waals surface area contributed by atoms with Crippen molar-refractivity contribution in [1.82, 2.24) is 0 Å². The van der Waals surface area contributed by atoms with Gasteiger partial charge in [-0.05, 0) is 80.1 Å². The van der Waals surface area contributed by atoms with Gasteiger partial charge < -0.3 is 15.2 Å². The van der Waals surface area contributed by atoms with Crippen molar-refractivity contribution in [2.45, 2.75) is 26.4 Å². The Kier molecular flexibility index (Phi) is 6.69. The van der Waals surface area contributed by atoms with Crippen molar-refractivity contribution in [3.05, 3.63) is 56.0 Å². The van der Waals surface area contributed by atoms with Crippen LogP contribution in [0.15, 0.2) is 39.3 Å². The molecule has 0 heterocycles. The fourth-order valence-electron chi connectivity index (χ4n) is 2.41. The number of benzene rings is 2.